The zero-order chi connectivity index (χ0) is 17.0. The lowest BCUT2D eigenvalue weighted by molar-refractivity contribution is -0.119. The number of thioether (sulfide) groups is 1. The molecule has 2 saturated heterocycles. The van der Waals surface area contributed by atoms with Gasteiger partial charge in [0.25, 0.3) is 0 Å². The average Bonchev–Trinajstić information content (AvgIpc) is 2.81. The molecule has 0 aromatic carbocycles. The van der Waals surface area contributed by atoms with E-state index in [4.69, 9.17) is 4.74 Å². The van der Waals surface area contributed by atoms with Gasteiger partial charge in [0.15, 0.2) is 9.84 Å². The van der Waals surface area contributed by atoms with Crippen LogP contribution in [-0.2, 0) is 19.4 Å². The number of hydrogen-bond donors (Lipinski definition) is 1. The maximum atomic E-state index is 12.0. The third-order valence-electron chi connectivity index (χ3n) is 4.31. The van der Waals surface area contributed by atoms with E-state index in [0.29, 0.717) is 18.7 Å². The number of carbonyl (C=O) groups is 1. The highest BCUT2D eigenvalue weighted by Crippen LogP contribution is 2.24. The molecule has 1 amide bonds. The number of nitrogens with one attached hydrogen (secondary N) is 1. The van der Waals surface area contributed by atoms with Gasteiger partial charge in [0.05, 0.1) is 29.5 Å². The molecule has 0 saturated carbocycles. The van der Waals surface area contributed by atoms with Crippen LogP contribution < -0.4 is 5.32 Å². The Balaban J connectivity index is 1.66. The summed E-state index contributed by atoms with van der Waals surface area (Å²) in [5.41, 5.74) is 0. The van der Waals surface area contributed by atoms with E-state index in [9.17, 15) is 13.2 Å². The van der Waals surface area contributed by atoms with E-state index in [1.54, 1.807) is 0 Å². The smallest absolute Gasteiger partial charge is 0.230 e. The minimum atomic E-state index is -2.87. The Bertz CT molecular complexity index is 502. The molecule has 2 rings (SSSR count). The first kappa shape index (κ1) is 19.0. The summed E-state index contributed by atoms with van der Waals surface area (Å²) >= 11 is 1.46. The highest BCUT2D eigenvalue weighted by Gasteiger charge is 2.29. The number of carbonyl (C=O) groups excluding carboxylic acids is 1. The number of amides is 1. The Labute approximate surface area is 143 Å². The van der Waals surface area contributed by atoms with Gasteiger partial charge in [-0.2, -0.15) is 0 Å². The predicted octanol–water partition coefficient (Wildman–Crippen LogP) is 0.521. The van der Waals surface area contributed by atoms with Crippen LogP contribution in [0.3, 0.4) is 0 Å². The van der Waals surface area contributed by atoms with E-state index in [1.807, 2.05) is 0 Å². The lowest BCUT2D eigenvalue weighted by atomic mass is 10.2. The first-order valence-electron chi connectivity index (χ1n) is 8.23. The molecule has 2 heterocycles. The molecule has 0 radical (unpaired) electrons. The molecule has 0 spiro atoms. The molecule has 0 bridgehead atoms. The predicted molar refractivity (Wildman–Crippen MR) is 93.6 cm³/mol. The molecule has 0 aromatic rings. The lowest BCUT2D eigenvalue weighted by Crippen LogP contribution is -2.52. The Kier molecular flexibility index (Phi) is 6.77. The highest BCUT2D eigenvalue weighted by atomic mass is 32.2. The number of hydrogen-bond acceptors (Lipinski definition) is 6. The van der Waals surface area contributed by atoms with Gasteiger partial charge in [-0.3, -0.25) is 9.69 Å². The van der Waals surface area contributed by atoms with Gasteiger partial charge in [-0.05, 0) is 27.2 Å². The average molecular weight is 365 g/mol. The fraction of sp³-hybridized carbons (Fsp3) is 0.933. The van der Waals surface area contributed by atoms with Crippen molar-refractivity contribution in [3.8, 4) is 0 Å². The summed E-state index contributed by atoms with van der Waals surface area (Å²) in [5, 5.41) is 3.04. The van der Waals surface area contributed by atoms with Crippen molar-refractivity contribution >= 4 is 27.5 Å². The molecular formula is C15H28N2O4S2. The maximum Gasteiger partial charge on any atom is 0.230 e. The van der Waals surface area contributed by atoms with Gasteiger partial charge < -0.3 is 10.1 Å². The fourth-order valence-corrected chi connectivity index (χ4v) is 6.58. The highest BCUT2D eigenvalue weighted by molar-refractivity contribution is 8.02. The first-order chi connectivity index (χ1) is 10.7. The second kappa shape index (κ2) is 8.18. The molecule has 2 fully saturated rings. The first-order valence-corrected chi connectivity index (χ1v) is 11.1. The second-order valence-electron chi connectivity index (χ2n) is 6.70. The number of rotatable bonds is 6. The monoisotopic (exact) mass is 364 g/mol. The summed E-state index contributed by atoms with van der Waals surface area (Å²) in [6.45, 7) is 8.64. The summed E-state index contributed by atoms with van der Waals surface area (Å²) in [6.07, 6.45) is 1.11. The Morgan fingerprint density at radius 3 is 2.57 bits per heavy atom. The third-order valence-corrected chi connectivity index (χ3v) is 7.59. The molecule has 2 aliphatic heterocycles. The van der Waals surface area contributed by atoms with Gasteiger partial charge in [0.1, 0.15) is 0 Å². The topological polar surface area (TPSA) is 75.7 Å². The van der Waals surface area contributed by atoms with Crippen LogP contribution in [0.4, 0.5) is 0 Å². The minimum Gasteiger partial charge on any atom is -0.373 e. The normalized spacial score (nSPS) is 32.6. The zero-order valence-corrected chi connectivity index (χ0v) is 15.8. The van der Waals surface area contributed by atoms with Gasteiger partial charge >= 0.3 is 0 Å². The van der Waals surface area contributed by atoms with Gasteiger partial charge in [-0.15, -0.1) is 11.8 Å². The van der Waals surface area contributed by atoms with Crippen LogP contribution in [0, 0.1) is 0 Å². The van der Waals surface area contributed by atoms with Gasteiger partial charge in [-0.1, -0.05) is 0 Å². The van der Waals surface area contributed by atoms with Crippen LogP contribution in [0.25, 0.3) is 0 Å². The van der Waals surface area contributed by atoms with E-state index in [1.165, 1.54) is 11.8 Å². The standard InChI is InChI=1S/C15H28N2O4S2/c1-11(17-7-12(2)21-13(3)8-17)6-16-15(18)9-22-14-4-5-23(19,20)10-14/h11-14H,4-10H2,1-3H3,(H,16,18)/t11-,12-,13+,14-/m1/s1. The van der Waals surface area contributed by atoms with E-state index in [2.05, 4.69) is 31.0 Å². The van der Waals surface area contributed by atoms with Crippen molar-refractivity contribution in [2.24, 2.45) is 0 Å². The molecule has 2 aliphatic rings. The van der Waals surface area contributed by atoms with Crippen molar-refractivity contribution in [2.45, 2.75) is 50.7 Å². The maximum absolute atomic E-state index is 12.0. The summed E-state index contributed by atoms with van der Waals surface area (Å²) in [6, 6.07) is 0.268. The lowest BCUT2D eigenvalue weighted by Gasteiger charge is -2.39. The van der Waals surface area contributed by atoms with E-state index in [0.717, 1.165) is 13.1 Å². The summed E-state index contributed by atoms with van der Waals surface area (Å²) in [7, 11) is -2.87. The zero-order valence-electron chi connectivity index (χ0n) is 14.2. The quantitative estimate of drug-likeness (QED) is 0.741. The van der Waals surface area contributed by atoms with Crippen molar-refractivity contribution in [3.63, 3.8) is 0 Å². The molecule has 4 atom stereocenters. The molecule has 134 valence electrons. The molecule has 0 unspecified atom stereocenters. The van der Waals surface area contributed by atoms with Crippen LogP contribution in [-0.4, -0.2) is 79.6 Å². The largest absolute Gasteiger partial charge is 0.373 e. The van der Waals surface area contributed by atoms with E-state index in [-0.39, 0.29) is 40.9 Å². The number of ether oxygens (including phenoxy) is 1. The van der Waals surface area contributed by atoms with Gasteiger partial charge in [0.2, 0.25) is 5.91 Å². The second-order valence-corrected chi connectivity index (χ2v) is 10.2. The van der Waals surface area contributed by atoms with Crippen molar-refractivity contribution in [2.75, 3.05) is 36.9 Å². The summed E-state index contributed by atoms with van der Waals surface area (Å²) in [5.74, 6) is 0.797. The van der Waals surface area contributed by atoms with E-state index >= 15 is 0 Å². The number of nitrogens with zero attached hydrogens (tertiary/aromatic N) is 1. The van der Waals surface area contributed by atoms with Crippen molar-refractivity contribution in [1.82, 2.24) is 10.2 Å². The number of sulfone groups is 1. The summed E-state index contributed by atoms with van der Waals surface area (Å²) in [4.78, 5) is 14.3. The van der Waals surface area contributed by atoms with Crippen LogP contribution in [0.5, 0.6) is 0 Å². The Morgan fingerprint density at radius 1 is 1.35 bits per heavy atom. The van der Waals surface area contributed by atoms with Crippen molar-refractivity contribution in [1.29, 1.82) is 0 Å². The van der Waals surface area contributed by atoms with Crippen LogP contribution in [0.15, 0.2) is 0 Å². The molecule has 0 aromatic heterocycles. The van der Waals surface area contributed by atoms with Crippen LogP contribution in [0.1, 0.15) is 27.2 Å². The minimum absolute atomic E-state index is 0.0134. The molecular weight excluding hydrogens is 336 g/mol. The molecule has 23 heavy (non-hydrogen) atoms. The summed E-state index contributed by atoms with van der Waals surface area (Å²) < 4.78 is 28.5. The molecule has 0 aliphatic carbocycles. The van der Waals surface area contributed by atoms with Gasteiger partial charge in [-0.25, -0.2) is 8.42 Å². The number of morpholine rings is 1. The molecule has 1 N–H and O–H groups in total. The third kappa shape index (κ3) is 6.25. The molecule has 6 nitrogen and oxygen atoms in total. The Hall–Kier alpha value is -0.310. The van der Waals surface area contributed by atoms with Crippen molar-refractivity contribution < 1.29 is 17.9 Å². The van der Waals surface area contributed by atoms with E-state index < -0.39 is 9.84 Å². The van der Waals surface area contributed by atoms with Crippen LogP contribution in [0.2, 0.25) is 0 Å². The van der Waals surface area contributed by atoms with Gasteiger partial charge in [0, 0.05) is 30.9 Å². The van der Waals surface area contributed by atoms with Crippen molar-refractivity contribution in [3.05, 3.63) is 0 Å². The fourth-order valence-electron chi connectivity index (χ4n) is 3.11. The van der Waals surface area contributed by atoms with Crippen LogP contribution >= 0.6 is 11.8 Å². The molecule has 8 heteroatoms. The Morgan fingerprint density at radius 2 is 2.00 bits per heavy atom. The SMILES string of the molecule is C[C@@H]1CN([C@H](C)CNC(=O)CS[C@@H]2CCS(=O)(=O)C2)C[C@H](C)O1.